The Morgan fingerprint density at radius 3 is 2.20 bits per heavy atom. The molecule has 0 spiro atoms. The van der Waals surface area contributed by atoms with E-state index in [0.29, 0.717) is 0 Å². The zero-order valence-electron chi connectivity index (χ0n) is 9.71. The standard InChI is InChI=1S/C11H13NO.C2H6/c1-8-2-6-10(7-3-8)12-11(13)9-4-5-9;1-2/h2-3,6-7,9H,4-5H2,1H3,(H,12,13);1-2H3. The predicted octanol–water partition coefficient (Wildman–Crippen LogP) is 3.37. The third-order valence-electron chi connectivity index (χ3n) is 2.27. The van der Waals surface area contributed by atoms with Gasteiger partial charge in [0.05, 0.1) is 0 Å². The molecule has 0 heterocycles. The minimum absolute atomic E-state index is 0.170. The van der Waals surface area contributed by atoms with E-state index in [4.69, 9.17) is 0 Å². The molecule has 1 aliphatic carbocycles. The molecule has 1 aliphatic rings. The summed E-state index contributed by atoms with van der Waals surface area (Å²) in [5.74, 6) is 0.449. The Balaban J connectivity index is 0.000000531. The van der Waals surface area contributed by atoms with Gasteiger partial charge < -0.3 is 5.32 Å². The van der Waals surface area contributed by atoms with Gasteiger partial charge in [-0.05, 0) is 31.9 Å². The van der Waals surface area contributed by atoms with Crippen molar-refractivity contribution in [1.82, 2.24) is 0 Å². The van der Waals surface area contributed by atoms with Crippen LogP contribution in [0, 0.1) is 12.8 Å². The minimum atomic E-state index is 0.170. The van der Waals surface area contributed by atoms with Crippen LogP contribution in [0.25, 0.3) is 0 Å². The van der Waals surface area contributed by atoms with E-state index in [1.807, 2.05) is 45.0 Å². The lowest BCUT2D eigenvalue weighted by molar-refractivity contribution is -0.117. The van der Waals surface area contributed by atoms with Gasteiger partial charge in [-0.25, -0.2) is 0 Å². The topological polar surface area (TPSA) is 29.1 Å². The number of carbonyl (C=O) groups is 1. The molecular weight excluding hydrogens is 186 g/mol. The maximum Gasteiger partial charge on any atom is 0.227 e. The van der Waals surface area contributed by atoms with E-state index in [9.17, 15) is 4.79 Å². The van der Waals surface area contributed by atoms with Gasteiger partial charge in [0, 0.05) is 11.6 Å². The van der Waals surface area contributed by atoms with Crippen LogP contribution in [-0.2, 0) is 4.79 Å². The molecule has 1 saturated carbocycles. The van der Waals surface area contributed by atoms with E-state index in [-0.39, 0.29) is 11.8 Å². The average Bonchev–Trinajstić information content (AvgIpc) is 3.08. The Morgan fingerprint density at radius 1 is 1.20 bits per heavy atom. The summed E-state index contributed by atoms with van der Waals surface area (Å²) in [7, 11) is 0. The summed E-state index contributed by atoms with van der Waals surface area (Å²) in [5, 5.41) is 2.89. The predicted molar refractivity (Wildman–Crippen MR) is 63.9 cm³/mol. The number of hydrogen-bond donors (Lipinski definition) is 1. The first-order valence-corrected chi connectivity index (χ1v) is 5.63. The van der Waals surface area contributed by atoms with Crippen molar-refractivity contribution in [3.63, 3.8) is 0 Å². The summed E-state index contributed by atoms with van der Waals surface area (Å²) in [6, 6.07) is 7.89. The number of aryl methyl sites for hydroxylation is 1. The van der Waals surface area contributed by atoms with Gasteiger partial charge in [-0.1, -0.05) is 31.5 Å². The van der Waals surface area contributed by atoms with Gasteiger partial charge >= 0.3 is 0 Å². The second-order valence-electron chi connectivity index (χ2n) is 3.63. The lowest BCUT2D eigenvalue weighted by Gasteiger charge is -2.03. The highest BCUT2D eigenvalue weighted by Crippen LogP contribution is 2.30. The van der Waals surface area contributed by atoms with E-state index in [2.05, 4.69) is 5.32 Å². The lowest BCUT2D eigenvalue weighted by Crippen LogP contribution is -2.12. The van der Waals surface area contributed by atoms with Crippen LogP contribution in [-0.4, -0.2) is 5.91 Å². The van der Waals surface area contributed by atoms with Crippen molar-refractivity contribution < 1.29 is 4.79 Å². The van der Waals surface area contributed by atoms with Crippen LogP contribution < -0.4 is 5.32 Å². The van der Waals surface area contributed by atoms with E-state index in [0.717, 1.165) is 18.5 Å². The van der Waals surface area contributed by atoms with Crippen molar-refractivity contribution in [3.05, 3.63) is 29.8 Å². The zero-order chi connectivity index (χ0) is 11.3. The number of amides is 1. The van der Waals surface area contributed by atoms with Crippen molar-refractivity contribution in [2.24, 2.45) is 5.92 Å². The summed E-state index contributed by atoms with van der Waals surface area (Å²) in [4.78, 5) is 11.3. The molecule has 1 fully saturated rings. The first-order valence-electron chi connectivity index (χ1n) is 5.63. The number of benzene rings is 1. The first-order chi connectivity index (χ1) is 7.25. The fourth-order valence-corrected chi connectivity index (χ4v) is 1.23. The zero-order valence-corrected chi connectivity index (χ0v) is 9.71. The molecule has 0 atom stereocenters. The quantitative estimate of drug-likeness (QED) is 0.788. The van der Waals surface area contributed by atoms with Crippen LogP contribution in [0.2, 0.25) is 0 Å². The molecule has 2 nitrogen and oxygen atoms in total. The number of nitrogens with one attached hydrogen (secondary N) is 1. The Labute approximate surface area is 91.7 Å². The van der Waals surface area contributed by atoms with Gasteiger partial charge in [0.2, 0.25) is 5.91 Å². The van der Waals surface area contributed by atoms with E-state index in [1.54, 1.807) is 0 Å². The summed E-state index contributed by atoms with van der Waals surface area (Å²) in [6.45, 7) is 6.03. The van der Waals surface area contributed by atoms with Gasteiger partial charge in [-0.2, -0.15) is 0 Å². The largest absolute Gasteiger partial charge is 0.326 e. The summed E-state index contributed by atoms with van der Waals surface area (Å²) >= 11 is 0. The highest BCUT2D eigenvalue weighted by molar-refractivity contribution is 5.93. The van der Waals surface area contributed by atoms with Crippen LogP contribution in [0.5, 0.6) is 0 Å². The second-order valence-corrected chi connectivity index (χ2v) is 3.63. The molecule has 2 heteroatoms. The fraction of sp³-hybridized carbons (Fsp3) is 0.462. The molecule has 15 heavy (non-hydrogen) atoms. The molecule has 1 amide bonds. The Hall–Kier alpha value is -1.31. The van der Waals surface area contributed by atoms with Gasteiger partial charge in [0.25, 0.3) is 0 Å². The maximum atomic E-state index is 11.3. The summed E-state index contributed by atoms with van der Waals surface area (Å²) < 4.78 is 0. The van der Waals surface area contributed by atoms with Crippen LogP contribution >= 0.6 is 0 Å². The molecule has 82 valence electrons. The van der Waals surface area contributed by atoms with Gasteiger partial charge in [0.1, 0.15) is 0 Å². The number of rotatable bonds is 2. The minimum Gasteiger partial charge on any atom is -0.326 e. The number of hydrogen-bond acceptors (Lipinski definition) is 1. The average molecular weight is 205 g/mol. The molecular formula is C13H19NO. The van der Waals surface area contributed by atoms with Crippen molar-refractivity contribution in [2.45, 2.75) is 33.6 Å². The smallest absolute Gasteiger partial charge is 0.227 e. The van der Waals surface area contributed by atoms with Gasteiger partial charge in [-0.15, -0.1) is 0 Å². The van der Waals surface area contributed by atoms with Crippen LogP contribution in [0.3, 0.4) is 0 Å². The molecule has 0 aliphatic heterocycles. The molecule has 0 saturated heterocycles. The SMILES string of the molecule is CC.Cc1ccc(NC(=O)C2CC2)cc1. The molecule has 1 aromatic carbocycles. The molecule has 0 bridgehead atoms. The molecule has 1 N–H and O–H groups in total. The second kappa shape index (κ2) is 5.54. The van der Waals surface area contributed by atoms with Crippen LogP contribution in [0.15, 0.2) is 24.3 Å². The lowest BCUT2D eigenvalue weighted by atomic mass is 10.2. The number of carbonyl (C=O) groups excluding carboxylic acids is 1. The highest BCUT2D eigenvalue weighted by Gasteiger charge is 2.29. The molecule has 2 rings (SSSR count). The van der Waals surface area contributed by atoms with Crippen LogP contribution in [0.4, 0.5) is 5.69 Å². The van der Waals surface area contributed by atoms with Crippen molar-refractivity contribution in [2.75, 3.05) is 5.32 Å². The third-order valence-corrected chi connectivity index (χ3v) is 2.27. The van der Waals surface area contributed by atoms with Crippen molar-refractivity contribution in [3.8, 4) is 0 Å². The van der Waals surface area contributed by atoms with Gasteiger partial charge in [-0.3, -0.25) is 4.79 Å². The Morgan fingerprint density at radius 2 is 1.73 bits per heavy atom. The molecule has 0 aromatic heterocycles. The summed E-state index contributed by atoms with van der Waals surface area (Å²) in [6.07, 6.45) is 2.11. The molecule has 0 unspecified atom stereocenters. The third kappa shape index (κ3) is 3.74. The first kappa shape index (κ1) is 11.8. The van der Waals surface area contributed by atoms with E-state index in [1.165, 1.54) is 5.56 Å². The monoisotopic (exact) mass is 205 g/mol. The molecule has 1 aromatic rings. The normalized spacial score (nSPS) is 13.8. The molecule has 0 radical (unpaired) electrons. The number of anilines is 1. The summed E-state index contributed by atoms with van der Waals surface area (Å²) in [5.41, 5.74) is 2.12. The Kier molecular flexibility index (Phi) is 4.35. The van der Waals surface area contributed by atoms with Crippen LogP contribution in [0.1, 0.15) is 32.3 Å². The van der Waals surface area contributed by atoms with Crippen molar-refractivity contribution >= 4 is 11.6 Å². The van der Waals surface area contributed by atoms with E-state index < -0.39 is 0 Å². The Bertz CT molecular complexity index is 312. The fourth-order valence-electron chi connectivity index (χ4n) is 1.23. The van der Waals surface area contributed by atoms with Gasteiger partial charge in [0.15, 0.2) is 0 Å². The highest BCUT2D eigenvalue weighted by atomic mass is 16.2. The van der Waals surface area contributed by atoms with E-state index >= 15 is 0 Å². The van der Waals surface area contributed by atoms with Crippen molar-refractivity contribution in [1.29, 1.82) is 0 Å². The maximum absolute atomic E-state index is 11.3.